The van der Waals surface area contributed by atoms with Gasteiger partial charge in [0.1, 0.15) is 11.9 Å². The third kappa shape index (κ3) is 2.57. The molecular formula is C15H20N4. The second kappa shape index (κ2) is 5.18. The Hall–Kier alpha value is -1.60. The summed E-state index contributed by atoms with van der Waals surface area (Å²) in [4.78, 5) is 7.04. The Balaban J connectivity index is 1.79. The van der Waals surface area contributed by atoms with Gasteiger partial charge in [-0.25, -0.2) is 4.98 Å². The van der Waals surface area contributed by atoms with E-state index in [-0.39, 0.29) is 0 Å². The predicted octanol–water partition coefficient (Wildman–Crippen LogP) is 1.95. The molecule has 2 aliphatic rings. The second-order valence-electron chi connectivity index (χ2n) is 5.68. The molecule has 0 saturated carbocycles. The van der Waals surface area contributed by atoms with Crippen LogP contribution in [-0.2, 0) is 12.8 Å². The fraction of sp³-hybridized carbons (Fsp3) is 0.600. The van der Waals surface area contributed by atoms with Crippen LogP contribution < -0.4 is 5.32 Å². The Morgan fingerprint density at radius 3 is 2.89 bits per heavy atom. The fourth-order valence-corrected chi connectivity index (χ4v) is 3.01. The third-order valence-electron chi connectivity index (χ3n) is 4.23. The Bertz CT molecular complexity index is 510. The largest absolute Gasteiger partial charge is 0.366 e. The number of anilines is 1. The third-order valence-corrected chi connectivity index (χ3v) is 4.23. The highest BCUT2D eigenvalue weighted by Gasteiger charge is 2.20. The summed E-state index contributed by atoms with van der Waals surface area (Å²) in [5, 5.41) is 12.8. The summed E-state index contributed by atoms with van der Waals surface area (Å²) in [6, 6.07) is 4.78. The molecule has 1 aromatic heterocycles. The molecule has 1 aliphatic carbocycles. The van der Waals surface area contributed by atoms with E-state index in [0.717, 1.165) is 44.6 Å². The molecule has 100 valence electrons. The fourth-order valence-electron chi connectivity index (χ4n) is 3.01. The summed E-state index contributed by atoms with van der Waals surface area (Å²) < 4.78 is 0. The number of likely N-dealkylation sites (tertiary alicyclic amines) is 1. The van der Waals surface area contributed by atoms with Gasteiger partial charge >= 0.3 is 0 Å². The number of rotatable bonds is 2. The van der Waals surface area contributed by atoms with Gasteiger partial charge in [0.2, 0.25) is 0 Å². The first kappa shape index (κ1) is 12.4. The molecule has 0 bridgehead atoms. The predicted molar refractivity (Wildman–Crippen MR) is 75.1 cm³/mol. The van der Waals surface area contributed by atoms with Crippen LogP contribution in [0.25, 0.3) is 0 Å². The van der Waals surface area contributed by atoms with Gasteiger partial charge in [0.15, 0.2) is 0 Å². The van der Waals surface area contributed by atoms with Crippen LogP contribution in [0.1, 0.15) is 36.1 Å². The van der Waals surface area contributed by atoms with Gasteiger partial charge in [-0.2, -0.15) is 5.26 Å². The number of nitrogens with zero attached hydrogens (tertiary/aromatic N) is 3. The number of nitrogens with one attached hydrogen (secondary N) is 1. The van der Waals surface area contributed by atoms with E-state index in [0.29, 0.717) is 11.6 Å². The zero-order valence-corrected chi connectivity index (χ0v) is 11.4. The first-order valence-corrected chi connectivity index (χ1v) is 7.14. The minimum absolute atomic E-state index is 0.454. The van der Waals surface area contributed by atoms with Crippen LogP contribution in [0.3, 0.4) is 0 Å². The smallest absolute Gasteiger partial charge is 0.144 e. The van der Waals surface area contributed by atoms with Gasteiger partial charge in [-0.15, -0.1) is 0 Å². The molecule has 0 radical (unpaired) electrons. The summed E-state index contributed by atoms with van der Waals surface area (Å²) in [6.07, 6.45) is 5.56. The number of aryl methyl sites for hydroxylation is 2. The van der Waals surface area contributed by atoms with E-state index in [1.54, 1.807) is 0 Å². The molecule has 4 nitrogen and oxygen atoms in total. The van der Waals surface area contributed by atoms with Gasteiger partial charge in [-0.1, -0.05) is 0 Å². The number of piperidine rings is 1. The van der Waals surface area contributed by atoms with Crippen LogP contribution >= 0.6 is 0 Å². The molecule has 0 amide bonds. The maximum absolute atomic E-state index is 9.28. The summed E-state index contributed by atoms with van der Waals surface area (Å²) in [5.74, 6) is 0.803. The lowest BCUT2D eigenvalue weighted by atomic mass is 10.0. The Labute approximate surface area is 114 Å². The molecule has 2 heterocycles. The quantitative estimate of drug-likeness (QED) is 0.878. The lowest BCUT2D eigenvalue weighted by Gasteiger charge is -2.30. The van der Waals surface area contributed by atoms with Crippen molar-refractivity contribution < 1.29 is 0 Å². The molecule has 1 aliphatic heterocycles. The van der Waals surface area contributed by atoms with E-state index >= 15 is 0 Å². The second-order valence-corrected chi connectivity index (χ2v) is 5.68. The van der Waals surface area contributed by atoms with E-state index in [1.807, 2.05) is 6.07 Å². The van der Waals surface area contributed by atoms with Crippen molar-refractivity contribution in [2.45, 2.75) is 38.1 Å². The zero-order valence-electron chi connectivity index (χ0n) is 11.4. The van der Waals surface area contributed by atoms with Crippen molar-refractivity contribution in [2.24, 2.45) is 0 Å². The van der Waals surface area contributed by atoms with Gasteiger partial charge in [0.25, 0.3) is 0 Å². The Kier molecular flexibility index (Phi) is 3.39. The highest BCUT2D eigenvalue weighted by Crippen LogP contribution is 2.26. The van der Waals surface area contributed by atoms with E-state index in [4.69, 9.17) is 0 Å². The molecule has 1 saturated heterocycles. The molecular weight excluding hydrogens is 236 g/mol. The van der Waals surface area contributed by atoms with Crippen molar-refractivity contribution in [3.8, 4) is 6.07 Å². The molecule has 0 atom stereocenters. The summed E-state index contributed by atoms with van der Waals surface area (Å²) in [7, 11) is 2.16. The van der Waals surface area contributed by atoms with Crippen LogP contribution in [0, 0.1) is 11.3 Å². The molecule has 1 aromatic rings. The number of aromatic nitrogens is 1. The van der Waals surface area contributed by atoms with E-state index in [2.05, 4.69) is 28.3 Å². The maximum Gasteiger partial charge on any atom is 0.144 e. The van der Waals surface area contributed by atoms with Crippen LogP contribution in [0.5, 0.6) is 0 Å². The zero-order chi connectivity index (χ0) is 13.2. The number of hydrogen-bond acceptors (Lipinski definition) is 4. The maximum atomic E-state index is 9.28. The molecule has 0 aromatic carbocycles. The number of hydrogen-bond donors (Lipinski definition) is 1. The number of fused-ring (bicyclic) bond motifs is 1. The molecule has 0 unspecified atom stereocenters. The first-order valence-electron chi connectivity index (χ1n) is 7.14. The van der Waals surface area contributed by atoms with Crippen LogP contribution in [0.4, 0.5) is 5.82 Å². The summed E-state index contributed by atoms with van der Waals surface area (Å²) >= 11 is 0. The van der Waals surface area contributed by atoms with Crippen molar-refractivity contribution in [3.05, 3.63) is 22.9 Å². The number of nitriles is 1. The average Bonchev–Trinajstić information content (AvgIpc) is 2.87. The highest BCUT2D eigenvalue weighted by atomic mass is 15.1. The number of pyridine rings is 1. The SMILES string of the molecule is CN1CCC(Nc2nc3c(cc2C#N)CCC3)CC1. The highest BCUT2D eigenvalue weighted by molar-refractivity contribution is 5.55. The minimum atomic E-state index is 0.454. The average molecular weight is 256 g/mol. The molecule has 3 rings (SSSR count). The monoisotopic (exact) mass is 256 g/mol. The Morgan fingerprint density at radius 2 is 2.16 bits per heavy atom. The van der Waals surface area contributed by atoms with Crippen LogP contribution in [-0.4, -0.2) is 36.1 Å². The van der Waals surface area contributed by atoms with Gasteiger partial charge in [-0.05, 0) is 63.9 Å². The Morgan fingerprint density at radius 1 is 1.37 bits per heavy atom. The van der Waals surface area contributed by atoms with Gasteiger partial charge in [0, 0.05) is 11.7 Å². The van der Waals surface area contributed by atoms with Crippen molar-refractivity contribution in [2.75, 3.05) is 25.5 Å². The van der Waals surface area contributed by atoms with Crippen molar-refractivity contribution in [1.82, 2.24) is 9.88 Å². The molecule has 19 heavy (non-hydrogen) atoms. The standard InChI is InChI=1S/C15H20N4/c1-19-7-5-13(6-8-19)17-15-12(10-16)9-11-3-2-4-14(11)18-15/h9,13H,2-8H2,1H3,(H,17,18). The first-order chi connectivity index (χ1) is 9.26. The lowest BCUT2D eigenvalue weighted by Crippen LogP contribution is -2.37. The van der Waals surface area contributed by atoms with Crippen LogP contribution in [0.2, 0.25) is 0 Å². The topological polar surface area (TPSA) is 52.0 Å². The van der Waals surface area contributed by atoms with E-state index < -0.39 is 0 Å². The van der Waals surface area contributed by atoms with Crippen molar-refractivity contribution in [1.29, 1.82) is 5.26 Å². The van der Waals surface area contributed by atoms with Crippen molar-refractivity contribution >= 4 is 5.82 Å². The van der Waals surface area contributed by atoms with E-state index in [1.165, 1.54) is 17.7 Å². The molecule has 4 heteroatoms. The molecule has 1 N–H and O–H groups in total. The van der Waals surface area contributed by atoms with Gasteiger partial charge < -0.3 is 10.2 Å². The minimum Gasteiger partial charge on any atom is -0.366 e. The summed E-state index contributed by atoms with van der Waals surface area (Å²) in [5.41, 5.74) is 3.17. The van der Waals surface area contributed by atoms with Gasteiger partial charge in [-0.3, -0.25) is 0 Å². The summed E-state index contributed by atoms with van der Waals surface area (Å²) in [6.45, 7) is 2.23. The van der Waals surface area contributed by atoms with Crippen LogP contribution in [0.15, 0.2) is 6.07 Å². The molecule has 0 spiro atoms. The normalized spacial score (nSPS) is 20.0. The lowest BCUT2D eigenvalue weighted by molar-refractivity contribution is 0.263. The van der Waals surface area contributed by atoms with E-state index in [9.17, 15) is 5.26 Å². The van der Waals surface area contributed by atoms with Crippen molar-refractivity contribution in [3.63, 3.8) is 0 Å². The molecule has 1 fully saturated rings. The van der Waals surface area contributed by atoms with Gasteiger partial charge in [0.05, 0.1) is 5.56 Å².